The molecule has 0 atom stereocenters. The Bertz CT molecular complexity index is 360. The average molecular weight is 267 g/mol. The summed E-state index contributed by atoms with van der Waals surface area (Å²) < 4.78 is 24.5. The van der Waals surface area contributed by atoms with Crippen LogP contribution in [0.3, 0.4) is 0 Å². The van der Waals surface area contributed by atoms with E-state index in [9.17, 15) is 18.9 Å². The van der Waals surface area contributed by atoms with Gasteiger partial charge in [-0.1, -0.05) is 15.9 Å². The molecule has 1 aromatic rings. The second-order valence-corrected chi connectivity index (χ2v) is 3.01. The fourth-order valence-electron chi connectivity index (χ4n) is 0.877. The van der Waals surface area contributed by atoms with E-state index in [1.165, 1.54) is 0 Å². The van der Waals surface area contributed by atoms with Gasteiger partial charge in [-0.3, -0.25) is 0 Å². The summed E-state index contributed by atoms with van der Waals surface area (Å²) in [5, 5.41) is 10.6. The maximum Gasteiger partial charge on any atom is 0.364 e. The molecule has 0 aromatic carbocycles. The first-order valence-corrected chi connectivity index (χ1v) is 4.66. The van der Waals surface area contributed by atoms with E-state index in [1.54, 1.807) is 0 Å². The third-order valence-electron chi connectivity index (χ3n) is 1.46. The van der Waals surface area contributed by atoms with Crippen molar-refractivity contribution < 1.29 is 13.7 Å². The fourth-order valence-corrected chi connectivity index (χ4v) is 1.20. The van der Waals surface area contributed by atoms with Crippen LogP contribution < -0.4 is 0 Å². The summed E-state index contributed by atoms with van der Waals surface area (Å²) in [6.07, 6.45) is -2.80. The van der Waals surface area contributed by atoms with E-state index in [2.05, 4.69) is 20.9 Å². The van der Waals surface area contributed by atoms with Gasteiger partial charge in [-0.05, 0) is 21.5 Å². The van der Waals surface area contributed by atoms with Crippen LogP contribution in [0, 0.1) is 10.1 Å². The summed E-state index contributed by atoms with van der Waals surface area (Å²) in [5.41, 5.74) is -0.171. The Morgan fingerprint density at radius 2 is 2.21 bits per heavy atom. The highest BCUT2D eigenvalue weighted by Crippen LogP contribution is 2.22. The van der Waals surface area contributed by atoms with Crippen LogP contribution in [-0.4, -0.2) is 9.91 Å². The van der Waals surface area contributed by atoms with Gasteiger partial charge >= 0.3 is 12.2 Å². The predicted octanol–water partition coefficient (Wildman–Crippen LogP) is 2.82. The minimum absolute atomic E-state index is 0.274. The molecule has 0 aliphatic heterocycles. The number of alkyl halides is 3. The zero-order chi connectivity index (χ0) is 10.7. The summed E-state index contributed by atoms with van der Waals surface area (Å²) in [7, 11) is 0. The molecule has 4 nitrogen and oxygen atoms in total. The van der Waals surface area contributed by atoms with Crippen LogP contribution in [0.4, 0.5) is 14.6 Å². The molecule has 0 amide bonds. The van der Waals surface area contributed by atoms with Gasteiger partial charge in [-0.25, -0.2) is 8.78 Å². The molecule has 0 N–H and O–H groups in total. The molecule has 0 radical (unpaired) electrons. The monoisotopic (exact) mass is 266 g/mol. The predicted molar refractivity (Wildman–Crippen MR) is 48.5 cm³/mol. The van der Waals surface area contributed by atoms with Gasteiger partial charge in [0, 0.05) is 11.4 Å². The van der Waals surface area contributed by atoms with Crippen molar-refractivity contribution in [3.05, 3.63) is 33.5 Å². The van der Waals surface area contributed by atoms with Crippen LogP contribution in [-0.2, 0) is 5.33 Å². The average Bonchev–Trinajstić information content (AvgIpc) is 2.16. The van der Waals surface area contributed by atoms with Crippen molar-refractivity contribution in [2.45, 2.75) is 11.8 Å². The Kier molecular flexibility index (Phi) is 3.45. The highest BCUT2D eigenvalue weighted by molar-refractivity contribution is 9.08. The number of aromatic nitrogens is 1. The molecule has 76 valence electrons. The van der Waals surface area contributed by atoms with Gasteiger partial charge in [0.15, 0.2) is 0 Å². The van der Waals surface area contributed by atoms with Crippen LogP contribution in [0.15, 0.2) is 12.1 Å². The van der Waals surface area contributed by atoms with Crippen molar-refractivity contribution in [3.63, 3.8) is 0 Å². The van der Waals surface area contributed by atoms with Crippen LogP contribution in [0.1, 0.15) is 17.7 Å². The molecular formula is C7H5BrF2N2O2. The lowest BCUT2D eigenvalue weighted by molar-refractivity contribution is -0.389. The number of pyridine rings is 1. The SMILES string of the molecule is O=[N+]([O-])c1cc(CBr)cc(C(F)F)n1. The molecule has 0 spiro atoms. The van der Waals surface area contributed by atoms with Crippen molar-refractivity contribution in [2.75, 3.05) is 0 Å². The van der Waals surface area contributed by atoms with E-state index in [0.29, 0.717) is 5.56 Å². The van der Waals surface area contributed by atoms with Crippen LogP contribution in [0.5, 0.6) is 0 Å². The molecule has 0 saturated heterocycles. The van der Waals surface area contributed by atoms with Crippen molar-refractivity contribution in [2.24, 2.45) is 0 Å². The highest BCUT2D eigenvalue weighted by Gasteiger charge is 2.19. The molecule has 14 heavy (non-hydrogen) atoms. The number of halogens is 3. The lowest BCUT2D eigenvalue weighted by Crippen LogP contribution is -1.98. The highest BCUT2D eigenvalue weighted by atomic mass is 79.9. The van der Waals surface area contributed by atoms with Crippen LogP contribution in [0.2, 0.25) is 0 Å². The summed E-state index contributed by atoms with van der Waals surface area (Å²) in [4.78, 5) is 12.7. The molecule has 0 bridgehead atoms. The molecule has 0 aliphatic rings. The maximum absolute atomic E-state index is 12.2. The van der Waals surface area contributed by atoms with Crippen molar-refractivity contribution >= 4 is 21.7 Å². The van der Waals surface area contributed by atoms with Gasteiger partial charge < -0.3 is 10.1 Å². The Balaban J connectivity index is 3.20. The molecule has 1 rings (SSSR count). The minimum atomic E-state index is -2.80. The summed E-state index contributed by atoms with van der Waals surface area (Å²) >= 11 is 3.03. The van der Waals surface area contributed by atoms with Crippen molar-refractivity contribution in [1.82, 2.24) is 4.98 Å². The first-order valence-electron chi connectivity index (χ1n) is 3.54. The Morgan fingerprint density at radius 1 is 1.57 bits per heavy atom. The van der Waals surface area contributed by atoms with E-state index < -0.39 is 22.9 Å². The number of hydrogen-bond acceptors (Lipinski definition) is 3. The largest absolute Gasteiger partial charge is 0.364 e. The lowest BCUT2D eigenvalue weighted by Gasteiger charge is -1.99. The number of hydrogen-bond donors (Lipinski definition) is 0. The van der Waals surface area contributed by atoms with Gasteiger partial charge in [0.1, 0.15) is 0 Å². The summed E-state index contributed by atoms with van der Waals surface area (Å²) in [5.74, 6) is -0.558. The van der Waals surface area contributed by atoms with E-state index >= 15 is 0 Å². The first kappa shape index (κ1) is 11.0. The third kappa shape index (κ3) is 2.44. The molecule has 0 saturated carbocycles. The van der Waals surface area contributed by atoms with Gasteiger partial charge in [0.2, 0.25) is 5.69 Å². The number of nitrogens with zero attached hydrogens (tertiary/aromatic N) is 2. The number of rotatable bonds is 3. The van der Waals surface area contributed by atoms with E-state index in [0.717, 1.165) is 12.1 Å². The Morgan fingerprint density at radius 3 is 2.64 bits per heavy atom. The first-order chi connectivity index (χ1) is 6.54. The molecule has 1 aromatic heterocycles. The third-order valence-corrected chi connectivity index (χ3v) is 2.10. The smallest absolute Gasteiger partial charge is 0.358 e. The van der Waals surface area contributed by atoms with E-state index in [1.807, 2.05) is 0 Å². The molecule has 0 unspecified atom stereocenters. The fraction of sp³-hybridized carbons (Fsp3) is 0.286. The summed E-state index contributed by atoms with van der Waals surface area (Å²) in [6, 6.07) is 2.28. The molecule has 0 aliphatic carbocycles. The van der Waals surface area contributed by atoms with Crippen molar-refractivity contribution in [3.8, 4) is 0 Å². The molecule has 1 heterocycles. The van der Waals surface area contributed by atoms with Gasteiger partial charge in [-0.15, -0.1) is 0 Å². The quantitative estimate of drug-likeness (QED) is 0.480. The second-order valence-electron chi connectivity index (χ2n) is 2.45. The van der Waals surface area contributed by atoms with E-state index in [4.69, 9.17) is 0 Å². The summed E-state index contributed by atoms with van der Waals surface area (Å²) in [6.45, 7) is 0. The van der Waals surface area contributed by atoms with Crippen LogP contribution >= 0.6 is 15.9 Å². The topological polar surface area (TPSA) is 56.0 Å². The normalized spacial score (nSPS) is 10.6. The Hall–Kier alpha value is -1.11. The Labute approximate surface area is 86.2 Å². The van der Waals surface area contributed by atoms with Gasteiger partial charge in [-0.2, -0.15) is 0 Å². The maximum atomic E-state index is 12.2. The number of nitro groups is 1. The minimum Gasteiger partial charge on any atom is -0.358 e. The standard InChI is InChI=1S/C7H5BrF2N2O2/c8-3-4-1-5(7(9)10)11-6(2-4)12(13)14/h1-2,7H,3H2. The zero-order valence-electron chi connectivity index (χ0n) is 6.78. The second kappa shape index (κ2) is 4.41. The molecule has 7 heteroatoms. The van der Waals surface area contributed by atoms with Gasteiger partial charge in [0.25, 0.3) is 0 Å². The van der Waals surface area contributed by atoms with E-state index in [-0.39, 0.29) is 5.33 Å². The molecular weight excluding hydrogens is 262 g/mol. The lowest BCUT2D eigenvalue weighted by atomic mass is 10.2. The van der Waals surface area contributed by atoms with Crippen molar-refractivity contribution in [1.29, 1.82) is 0 Å². The van der Waals surface area contributed by atoms with Crippen LogP contribution in [0.25, 0.3) is 0 Å². The zero-order valence-corrected chi connectivity index (χ0v) is 8.37. The van der Waals surface area contributed by atoms with Gasteiger partial charge in [0.05, 0.1) is 0 Å². The molecule has 0 fully saturated rings.